The smallest absolute Gasteiger partial charge is 0.279 e. The van der Waals surface area contributed by atoms with E-state index in [1.807, 2.05) is 11.8 Å². The fourth-order valence-electron chi connectivity index (χ4n) is 1.90. The molecule has 1 rings (SSSR count). The van der Waals surface area contributed by atoms with Gasteiger partial charge in [-0.15, -0.1) is 0 Å². The van der Waals surface area contributed by atoms with Crippen LogP contribution in [0, 0.1) is 5.92 Å². The molecule has 5 nitrogen and oxygen atoms in total. The normalized spacial score (nSPS) is 20.0. The molecule has 0 amide bonds. The average Bonchev–Trinajstić information content (AvgIpc) is 2.28. The zero-order valence-corrected chi connectivity index (χ0v) is 10.6. The van der Waals surface area contributed by atoms with Crippen LogP contribution in [-0.4, -0.2) is 52.4 Å². The van der Waals surface area contributed by atoms with Gasteiger partial charge in [0.25, 0.3) is 16.6 Å². The van der Waals surface area contributed by atoms with E-state index in [0.29, 0.717) is 19.0 Å². The lowest BCUT2D eigenvalue weighted by Crippen LogP contribution is -2.46. The maximum atomic E-state index is 11.9. The van der Waals surface area contributed by atoms with Gasteiger partial charge in [-0.1, -0.05) is 0 Å². The minimum absolute atomic E-state index is 0.394. The molecule has 0 unspecified atom stereocenters. The van der Waals surface area contributed by atoms with E-state index < -0.39 is 23.2 Å². The van der Waals surface area contributed by atoms with Crippen LogP contribution in [0.15, 0.2) is 0 Å². The van der Waals surface area contributed by atoms with Crippen molar-refractivity contribution in [1.29, 1.82) is 0 Å². The molecule has 1 aliphatic heterocycles. The zero-order valence-electron chi connectivity index (χ0n) is 9.83. The lowest BCUT2D eigenvalue weighted by Gasteiger charge is -2.31. The molecule has 0 radical (unpaired) electrons. The first-order valence-electron chi connectivity index (χ1n) is 5.63. The molecule has 0 spiro atoms. The molecule has 0 saturated carbocycles. The Balaban J connectivity index is 2.41. The largest absolute Gasteiger partial charge is 0.319 e. The zero-order chi connectivity index (χ0) is 12.9. The number of hydrogen-bond acceptors (Lipinski definition) is 3. The van der Waals surface area contributed by atoms with Crippen molar-refractivity contribution in [3.8, 4) is 0 Å². The summed E-state index contributed by atoms with van der Waals surface area (Å²) < 4.78 is 50.3. The van der Waals surface area contributed by atoms with Crippen molar-refractivity contribution in [2.75, 3.05) is 33.2 Å². The standard InChI is InChI=1S/C9H19F2N3O2S/c1-12-6-8-2-4-14(5-3-8)17(15,16)13-7-9(10)11/h8-9,12-13H,2-7H2,1H3. The molecule has 0 aromatic rings. The van der Waals surface area contributed by atoms with Gasteiger partial charge in [0.1, 0.15) is 0 Å². The van der Waals surface area contributed by atoms with E-state index in [1.165, 1.54) is 4.31 Å². The third-order valence-electron chi connectivity index (χ3n) is 2.83. The molecule has 17 heavy (non-hydrogen) atoms. The Bertz CT molecular complexity index is 316. The SMILES string of the molecule is CNCC1CCN(S(=O)(=O)NCC(F)F)CC1. The molecule has 1 saturated heterocycles. The van der Waals surface area contributed by atoms with Gasteiger partial charge in [0.15, 0.2) is 0 Å². The number of nitrogens with one attached hydrogen (secondary N) is 2. The maximum Gasteiger partial charge on any atom is 0.279 e. The molecule has 102 valence electrons. The average molecular weight is 271 g/mol. The molecule has 8 heteroatoms. The lowest BCUT2D eigenvalue weighted by molar-refractivity contribution is 0.152. The fourth-order valence-corrected chi connectivity index (χ4v) is 3.11. The van der Waals surface area contributed by atoms with E-state index in [-0.39, 0.29) is 0 Å². The topological polar surface area (TPSA) is 61.4 Å². The molecular weight excluding hydrogens is 252 g/mol. The molecule has 1 heterocycles. The Labute approximate surface area is 101 Å². The van der Waals surface area contributed by atoms with Gasteiger partial charge in [0.2, 0.25) is 0 Å². The van der Waals surface area contributed by atoms with Gasteiger partial charge in [-0.2, -0.15) is 17.4 Å². The molecule has 1 fully saturated rings. The van der Waals surface area contributed by atoms with Crippen LogP contribution in [0.4, 0.5) is 8.78 Å². The Hall–Kier alpha value is -0.310. The van der Waals surface area contributed by atoms with Crippen LogP contribution in [0.1, 0.15) is 12.8 Å². The van der Waals surface area contributed by atoms with Crippen LogP contribution >= 0.6 is 0 Å². The number of rotatable bonds is 6. The predicted molar refractivity (Wildman–Crippen MR) is 61.2 cm³/mol. The van der Waals surface area contributed by atoms with E-state index in [2.05, 4.69) is 5.32 Å². The second-order valence-corrected chi connectivity index (χ2v) is 5.90. The van der Waals surface area contributed by atoms with Crippen molar-refractivity contribution in [2.24, 2.45) is 5.92 Å². The second kappa shape index (κ2) is 6.58. The minimum atomic E-state index is -3.73. The van der Waals surface area contributed by atoms with Crippen molar-refractivity contribution < 1.29 is 17.2 Å². The third kappa shape index (κ3) is 4.82. The maximum absolute atomic E-state index is 11.9. The van der Waals surface area contributed by atoms with Gasteiger partial charge in [0.05, 0.1) is 6.54 Å². The highest BCUT2D eigenvalue weighted by Gasteiger charge is 2.27. The van der Waals surface area contributed by atoms with Crippen LogP contribution in [0.2, 0.25) is 0 Å². The highest BCUT2D eigenvalue weighted by molar-refractivity contribution is 7.87. The molecule has 0 aromatic heterocycles. The van der Waals surface area contributed by atoms with Crippen molar-refractivity contribution in [1.82, 2.24) is 14.3 Å². The van der Waals surface area contributed by atoms with Crippen molar-refractivity contribution in [3.63, 3.8) is 0 Å². The summed E-state index contributed by atoms with van der Waals surface area (Å²) in [7, 11) is -1.88. The van der Waals surface area contributed by atoms with Gasteiger partial charge in [-0.25, -0.2) is 8.78 Å². The Morgan fingerprint density at radius 1 is 1.35 bits per heavy atom. The number of halogens is 2. The summed E-state index contributed by atoms with van der Waals surface area (Å²) in [4.78, 5) is 0. The van der Waals surface area contributed by atoms with Crippen molar-refractivity contribution in [3.05, 3.63) is 0 Å². The summed E-state index contributed by atoms with van der Waals surface area (Å²) in [5.74, 6) is 0.460. The summed E-state index contributed by atoms with van der Waals surface area (Å²) in [5.41, 5.74) is 0. The second-order valence-electron chi connectivity index (χ2n) is 4.14. The summed E-state index contributed by atoms with van der Waals surface area (Å²) in [6.07, 6.45) is -1.14. The molecule has 0 aromatic carbocycles. The number of alkyl halides is 2. The summed E-state index contributed by atoms with van der Waals surface area (Å²) in [6, 6.07) is 0. The summed E-state index contributed by atoms with van der Waals surface area (Å²) in [6.45, 7) is 0.826. The Morgan fingerprint density at radius 3 is 2.41 bits per heavy atom. The fraction of sp³-hybridized carbons (Fsp3) is 1.00. The van der Waals surface area contributed by atoms with Gasteiger partial charge < -0.3 is 5.32 Å². The Morgan fingerprint density at radius 2 is 1.94 bits per heavy atom. The van der Waals surface area contributed by atoms with Crippen LogP contribution in [0.5, 0.6) is 0 Å². The summed E-state index contributed by atoms with van der Waals surface area (Å²) >= 11 is 0. The molecule has 0 bridgehead atoms. The molecule has 2 N–H and O–H groups in total. The molecular formula is C9H19F2N3O2S. The highest BCUT2D eigenvalue weighted by Crippen LogP contribution is 2.18. The van der Waals surface area contributed by atoms with Crippen LogP contribution in [0.3, 0.4) is 0 Å². The van der Waals surface area contributed by atoms with Gasteiger partial charge >= 0.3 is 0 Å². The molecule has 0 atom stereocenters. The van der Waals surface area contributed by atoms with E-state index in [0.717, 1.165) is 19.4 Å². The lowest BCUT2D eigenvalue weighted by atomic mass is 9.98. The number of hydrogen-bond donors (Lipinski definition) is 2. The van der Waals surface area contributed by atoms with E-state index in [9.17, 15) is 17.2 Å². The summed E-state index contributed by atoms with van der Waals surface area (Å²) in [5, 5.41) is 3.05. The Kier molecular flexibility index (Phi) is 5.71. The van der Waals surface area contributed by atoms with E-state index in [1.54, 1.807) is 0 Å². The van der Waals surface area contributed by atoms with Gasteiger partial charge in [0, 0.05) is 13.1 Å². The van der Waals surface area contributed by atoms with Crippen LogP contribution in [0.25, 0.3) is 0 Å². The third-order valence-corrected chi connectivity index (χ3v) is 4.40. The first-order valence-corrected chi connectivity index (χ1v) is 7.07. The van der Waals surface area contributed by atoms with Crippen LogP contribution in [-0.2, 0) is 10.2 Å². The van der Waals surface area contributed by atoms with Crippen LogP contribution < -0.4 is 10.0 Å². The molecule has 0 aliphatic carbocycles. The predicted octanol–water partition coefficient (Wildman–Crippen LogP) is 0.0173. The minimum Gasteiger partial charge on any atom is -0.319 e. The van der Waals surface area contributed by atoms with Crippen molar-refractivity contribution >= 4 is 10.2 Å². The quantitative estimate of drug-likeness (QED) is 0.716. The van der Waals surface area contributed by atoms with Gasteiger partial charge in [-0.3, -0.25) is 0 Å². The van der Waals surface area contributed by atoms with Crippen molar-refractivity contribution in [2.45, 2.75) is 19.3 Å². The monoisotopic (exact) mass is 271 g/mol. The van der Waals surface area contributed by atoms with Gasteiger partial charge in [-0.05, 0) is 32.4 Å². The molecule has 1 aliphatic rings. The highest BCUT2D eigenvalue weighted by atomic mass is 32.2. The van der Waals surface area contributed by atoms with E-state index >= 15 is 0 Å². The first kappa shape index (κ1) is 14.7. The first-order chi connectivity index (χ1) is 7.95. The van der Waals surface area contributed by atoms with E-state index in [4.69, 9.17) is 0 Å². The number of nitrogens with zero attached hydrogens (tertiary/aromatic N) is 1. The number of piperidine rings is 1.